The molecule has 4 nitrogen and oxygen atoms in total. The molecule has 1 aromatic heterocycles. The highest BCUT2D eigenvalue weighted by Gasteiger charge is 2.26. The molecule has 0 aliphatic carbocycles. The summed E-state index contributed by atoms with van der Waals surface area (Å²) >= 11 is 5.85. The van der Waals surface area contributed by atoms with E-state index in [0.717, 1.165) is 11.3 Å². The number of rotatable bonds is 5. The Morgan fingerprint density at radius 1 is 1.48 bits per heavy atom. The van der Waals surface area contributed by atoms with E-state index in [1.165, 1.54) is 12.1 Å². The van der Waals surface area contributed by atoms with Gasteiger partial charge < -0.3 is 9.32 Å². The number of alkyl halides is 2. The summed E-state index contributed by atoms with van der Waals surface area (Å²) < 4.78 is 30.6. The van der Waals surface area contributed by atoms with E-state index in [0.29, 0.717) is 17.2 Å². The maximum atomic E-state index is 12.8. The molecule has 0 N–H and O–H groups in total. The molecule has 21 heavy (non-hydrogen) atoms. The van der Waals surface area contributed by atoms with Gasteiger partial charge in [-0.1, -0.05) is 24.6 Å². The largest absolute Gasteiger partial charge is 0.448 e. The lowest BCUT2D eigenvalue weighted by Gasteiger charge is -2.22. The SMILES string of the molecule is CCc1ocnc1C(=O)N(CC(F)F)c1cccc(Cl)c1. The predicted octanol–water partition coefficient (Wildman–Crippen LogP) is 3.80. The molecule has 0 fully saturated rings. The number of oxazole rings is 1. The average Bonchev–Trinajstić information content (AvgIpc) is 2.92. The summed E-state index contributed by atoms with van der Waals surface area (Å²) in [6, 6.07) is 6.18. The number of hydrogen-bond acceptors (Lipinski definition) is 3. The summed E-state index contributed by atoms with van der Waals surface area (Å²) in [4.78, 5) is 17.2. The van der Waals surface area contributed by atoms with Crippen molar-refractivity contribution in [3.63, 3.8) is 0 Å². The molecule has 2 rings (SSSR count). The minimum Gasteiger partial charge on any atom is -0.448 e. The second-order valence-electron chi connectivity index (χ2n) is 4.26. The molecule has 0 bridgehead atoms. The summed E-state index contributed by atoms with van der Waals surface area (Å²) in [5, 5.41) is 0.357. The fourth-order valence-corrected chi connectivity index (χ4v) is 2.10. The van der Waals surface area contributed by atoms with Gasteiger partial charge in [-0.2, -0.15) is 0 Å². The first-order chi connectivity index (χ1) is 10.0. The van der Waals surface area contributed by atoms with Crippen molar-refractivity contribution in [1.29, 1.82) is 0 Å². The Morgan fingerprint density at radius 3 is 2.86 bits per heavy atom. The van der Waals surface area contributed by atoms with Crippen LogP contribution in [0, 0.1) is 0 Å². The monoisotopic (exact) mass is 314 g/mol. The minimum absolute atomic E-state index is 0.0399. The third kappa shape index (κ3) is 3.58. The Labute approximate surface area is 125 Å². The summed E-state index contributed by atoms with van der Waals surface area (Å²) in [5.74, 6) is -0.274. The van der Waals surface area contributed by atoms with E-state index < -0.39 is 18.9 Å². The standard InChI is InChI=1S/C14H13ClF2N2O2/c1-2-11-13(18-8-21-11)14(20)19(7-12(16)17)10-5-3-4-9(15)6-10/h3-6,8,12H,2,7H2,1H3. The quantitative estimate of drug-likeness (QED) is 0.843. The number of anilines is 1. The van der Waals surface area contributed by atoms with Crippen molar-refractivity contribution in [2.45, 2.75) is 19.8 Å². The zero-order valence-corrected chi connectivity index (χ0v) is 12.0. The first kappa shape index (κ1) is 15.4. The number of nitrogens with zero attached hydrogens (tertiary/aromatic N) is 2. The first-order valence-electron chi connectivity index (χ1n) is 6.30. The molecule has 0 saturated carbocycles. The van der Waals surface area contributed by atoms with Crippen LogP contribution in [-0.2, 0) is 6.42 Å². The van der Waals surface area contributed by atoms with Gasteiger partial charge in [0.25, 0.3) is 12.3 Å². The van der Waals surface area contributed by atoms with Crippen LogP contribution in [0.4, 0.5) is 14.5 Å². The Bertz CT molecular complexity index is 631. The van der Waals surface area contributed by atoms with Gasteiger partial charge in [-0.05, 0) is 18.2 Å². The lowest BCUT2D eigenvalue weighted by molar-refractivity contribution is 0.0939. The fourth-order valence-electron chi connectivity index (χ4n) is 1.91. The molecule has 0 aliphatic rings. The Kier molecular flexibility index (Phi) is 4.90. The van der Waals surface area contributed by atoms with Gasteiger partial charge in [0.1, 0.15) is 5.76 Å². The molecule has 0 atom stereocenters. The maximum Gasteiger partial charge on any atom is 0.280 e. The second-order valence-corrected chi connectivity index (χ2v) is 4.70. The van der Waals surface area contributed by atoms with Crippen molar-refractivity contribution in [1.82, 2.24) is 4.98 Å². The number of halogens is 3. The van der Waals surface area contributed by atoms with Crippen molar-refractivity contribution in [3.8, 4) is 0 Å². The number of carbonyl (C=O) groups excluding carboxylic acids is 1. The van der Waals surface area contributed by atoms with Gasteiger partial charge in [0.2, 0.25) is 0 Å². The normalized spacial score (nSPS) is 10.9. The van der Waals surface area contributed by atoms with Crippen LogP contribution in [-0.4, -0.2) is 23.9 Å². The van der Waals surface area contributed by atoms with Crippen molar-refractivity contribution in [2.75, 3.05) is 11.4 Å². The van der Waals surface area contributed by atoms with Gasteiger partial charge in [-0.3, -0.25) is 4.79 Å². The topological polar surface area (TPSA) is 46.3 Å². The van der Waals surface area contributed by atoms with Crippen molar-refractivity contribution in [2.24, 2.45) is 0 Å². The van der Waals surface area contributed by atoms with Crippen LogP contribution >= 0.6 is 11.6 Å². The molecule has 2 aromatic rings. The highest BCUT2D eigenvalue weighted by atomic mass is 35.5. The average molecular weight is 315 g/mol. The zero-order valence-electron chi connectivity index (χ0n) is 11.2. The Morgan fingerprint density at radius 2 is 2.24 bits per heavy atom. The number of hydrogen-bond donors (Lipinski definition) is 0. The number of benzene rings is 1. The van der Waals surface area contributed by atoms with Crippen LogP contribution in [0.5, 0.6) is 0 Å². The van der Waals surface area contributed by atoms with E-state index in [4.69, 9.17) is 16.0 Å². The molecule has 112 valence electrons. The number of amides is 1. The summed E-state index contributed by atoms with van der Waals surface area (Å²) in [7, 11) is 0. The Hall–Kier alpha value is -1.95. The number of aryl methyl sites for hydroxylation is 1. The number of carbonyl (C=O) groups is 1. The van der Waals surface area contributed by atoms with Crippen LogP contribution in [0.25, 0.3) is 0 Å². The molecule has 0 unspecified atom stereocenters. The molecular formula is C14H13ClF2N2O2. The molecule has 0 saturated heterocycles. The lowest BCUT2D eigenvalue weighted by Crippen LogP contribution is -2.35. The molecule has 0 radical (unpaired) electrons. The molecule has 1 aromatic carbocycles. The highest BCUT2D eigenvalue weighted by molar-refractivity contribution is 6.31. The van der Waals surface area contributed by atoms with Gasteiger partial charge in [0, 0.05) is 17.1 Å². The summed E-state index contributed by atoms with van der Waals surface area (Å²) in [5.41, 5.74) is 0.330. The smallest absolute Gasteiger partial charge is 0.280 e. The highest BCUT2D eigenvalue weighted by Crippen LogP contribution is 2.23. The van der Waals surface area contributed by atoms with Crippen LogP contribution in [0.3, 0.4) is 0 Å². The minimum atomic E-state index is -2.68. The zero-order chi connectivity index (χ0) is 15.4. The molecule has 1 amide bonds. The van der Waals surface area contributed by atoms with Crippen LogP contribution in [0.1, 0.15) is 23.2 Å². The van der Waals surface area contributed by atoms with Gasteiger partial charge in [0.15, 0.2) is 12.1 Å². The molecule has 0 spiro atoms. The van der Waals surface area contributed by atoms with Gasteiger partial charge in [-0.15, -0.1) is 0 Å². The third-order valence-corrected chi connectivity index (χ3v) is 3.09. The van der Waals surface area contributed by atoms with E-state index in [2.05, 4.69) is 4.98 Å². The van der Waals surface area contributed by atoms with Crippen LogP contribution < -0.4 is 4.90 Å². The van der Waals surface area contributed by atoms with Gasteiger partial charge in [0.05, 0.1) is 6.54 Å². The van der Waals surface area contributed by atoms with Crippen molar-refractivity contribution >= 4 is 23.2 Å². The first-order valence-corrected chi connectivity index (χ1v) is 6.68. The number of aromatic nitrogens is 1. The Balaban J connectivity index is 2.38. The molecular weight excluding hydrogens is 302 g/mol. The van der Waals surface area contributed by atoms with Crippen LogP contribution in [0.2, 0.25) is 5.02 Å². The maximum absolute atomic E-state index is 12.8. The molecule has 7 heteroatoms. The predicted molar refractivity (Wildman–Crippen MR) is 75.0 cm³/mol. The summed E-state index contributed by atoms with van der Waals surface area (Å²) in [6.07, 6.45) is -1.10. The van der Waals surface area contributed by atoms with E-state index in [-0.39, 0.29) is 11.4 Å². The third-order valence-electron chi connectivity index (χ3n) is 2.85. The second kappa shape index (κ2) is 6.67. The van der Waals surface area contributed by atoms with Gasteiger partial charge in [-0.25, -0.2) is 13.8 Å². The van der Waals surface area contributed by atoms with E-state index in [9.17, 15) is 13.6 Å². The lowest BCUT2D eigenvalue weighted by atomic mass is 10.2. The van der Waals surface area contributed by atoms with E-state index >= 15 is 0 Å². The summed E-state index contributed by atoms with van der Waals surface area (Å²) in [6.45, 7) is 1.04. The van der Waals surface area contributed by atoms with Crippen molar-refractivity contribution in [3.05, 3.63) is 47.1 Å². The van der Waals surface area contributed by atoms with Crippen molar-refractivity contribution < 1.29 is 18.0 Å². The van der Waals surface area contributed by atoms with Crippen LogP contribution in [0.15, 0.2) is 35.1 Å². The van der Waals surface area contributed by atoms with E-state index in [1.807, 2.05) is 0 Å². The molecule has 0 aliphatic heterocycles. The van der Waals surface area contributed by atoms with Gasteiger partial charge >= 0.3 is 0 Å². The fraction of sp³-hybridized carbons (Fsp3) is 0.286. The van der Waals surface area contributed by atoms with E-state index in [1.54, 1.807) is 19.1 Å². The molecule has 1 heterocycles.